The number of benzene rings is 2. The molecule has 1 aliphatic heterocycles. The molecule has 8 nitrogen and oxygen atoms in total. The molecule has 1 atom stereocenters. The van der Waals surface area contributed by atoms with Gasteiger partial charge in [0.2, 0.25) is 11.9 Å². The Bertz CT molecular complexity index is 855. The van der Waals surface area contributed by atoms with E-state index in [2.05, 4.69) is 10.5 Å². The number of oxime groups is 1. The standard InChI is InChI=1S/C19H20N2O6/c1-24-15-7-11(8-16(25-2)18(15)26-3)14-10-17(27-21-14)19(23)20-12-5-4-6-13(22)9-12/h4-9,17,22H,10H2,1-3H3,(H,20,23)/t17-/m0/s1. The Labute approximate surface area is 156 Å². The minimum atomic E-state index is -0.776. The zero-order chi connectivity index (χ0) is 19.4. The predicted molar refractivity (Wildman–Crippen MR) is 98.9 cm³/mol. The van der Waals surface area contributed by atoms with Gasteiger partial charge in [0, 0.05) is 23.7 Å². The Morgan fingerprint density at radius 1 is 1.15 bits per heavy atom. The molecule has 142 valence electrons. The first-order chi connectivity index (χ1) is 13.0. The van der Waals surface area contributed by atoms with Crippen molar-refractivity contribution in [3.8, 4) is 23.0 Å². The number of hydrogen-bond donors (Lipinski definition) is 2. The first-order valence-corrected chi connectivity index (χ1v) is 8.18. The van der Waals surface area contributed by atoms with E-state index in [1.165, 1.54) is 33.5 Å². The Morgan fingerprint density at radius 2 is 1.85 bits per heavy atom. The Balaban J connectivity index is 1.74. The number of carbonyl (C=O) groups is 1. The lowest BCUT2D eigenvalue weighted by atomic mass is 10.0. The summed E-state index contributed by atoms with van der Waals surface area (Å²) in [6, 6.07) is 9.78. The van der Waals surface area contributed by atoms with Crippen LogP contribution in [-0.4, -0.2) is 44.2 Å². The van der Waals surface area contributed by atoms with E-state index in [0.29, 0.717) is 34.2 Å². The first kappa shape index (κ1) is 18.4. The summed E-state index contributed by atoms with van der Waals surface area (Å²) < 4.78 is 16.0. The van der Waals surface area contributed by atoms with Crippen molar-refractivity contribution >= 4 is 17.3 Å². The first-order valence-electron chi connectivity index (χ1n) is 8.18. The molecule has 27 heavy (non-hydrogen) atoms. The van der Waals surface area contributed by atoms with Crippen molar-refractivity contribution < 1.29 is 28.9 Å². The Morgan fingerprint density at radius 3 is 2.44 bits per heavy atom. The topological polar surface area (TPSA) is 98.6 Å². The average molecular weight is 372 g/mol. The maximum atomic E-state index is 12.4. The quantitative estimate of drug-likeness (QED) is 0.809. The lowest BCUT2D eigenvalue weighted by Crippen LogP contribution is -2.28. The van der Waals surface area contributed by atoms with Crippen molar-refractivity contribution in [3.05, 3.63) is 42.0 Å². The predicted octanol–water partition coefficient (Wildman–Crippen LogP) is 2.55. The van der Waals surface area contributed by atoms with Gasteiger partial charge in [0.25, 0.3) is 5.91 Å². The van der Waals surface area contributed by atoms with E-state index in [-0.39, 0.29) is 18.1 Å². The van der Waals surface area contributed by atoms with Crippen molar-refractivity contribution in [1.82, 2.24) is 0 Å². The fourth-order valence-corrected chi connectivity index (χ4v) is 2.74. The minimum absolute atomic E-state index is 0.0644. The third kappa shape index (κ3) is 3.89. The van der Waals surface area contributed by atoms with Gasteiger partial charge in [-0.15, -0.1) is 0 Å². The summed E-state index contributed by atoms with van der Waals surface area (Å²) in [4.78, 5) is 17.7. The number of ether oxygens (including phenoxy) is 3. The molecule has 8 heteroatoms. The summed E-state index contributed by atoms with van der Waals surface area (Å²) in [5, 5.41) is 16.2. The molecular formula is C19H20N2O6. The van der Waals surface area contributed by atoms with Gasteiger partial charge in [0.15, 0.2) is 11.5 Å². The van der Waals surface area contributed by atoms with Gasteiger partial charge in [0.05, 0.1) is 27.0 Å². The van der Waals surface area contributed by atoms with Crippen molar-refractivity contribution in [2.24, 2.45) is 5.16 Å². The number of carbonyl (C=O) groups excluding carboxylic acids is 1. The number of nitrogens with zero attached hydrogens (tertiary/aromatic N) is 1. The number of anilines is 1. The fraction of sp³-hybridized carbons (Fsp3) is 0.263. The average Bonchev–Trinajstić information content (AvgIpc) is 3.17. The van der Waals surface area contributed by atoms with Crippen LogP contribution < -0.4 is 19.5 Å². The third-order valence-electron chi connectivity index (χ3n) is 4.07. The van der Waals surface area contributed by atoms with Crippen LogP contribution in [-0.2, 0) is 9.63 Å². The molecule has 0 fully saturated rings. The summed E-state index contributed by atoms with van der Waals surface area (Å²) in [6.45, 7) is 0. The molecule has 0 radical (unpaired) electrons. The molecule has 0 saturated carbocycles. The fourth-order valence-electron chi connectivity index (χ4n) is 2.74. The van der Waals surface area contributed by atoms with Crippen LogP contribution in [0.25, 0.3) is 0 Å². The van der Waals surface area contributed by atoms with E-state index < -0.39 is 6.10 Å². The van der Waals surface area contributed by atoms with Crippen LogP contribution in [0.15, 0.2) is 41.6 Å². The number of aromatic hydroxyl groups is 1. The van der Waals surface area contributed by atoms with E-state index in [1.807, 2.05) is 0 Å². The molecule has 0 spiro atoms. The maximum Gasteiger partial charge on any atom is 0.268 e. The molecule has 0 aromatic heterocycles. The summed E-state index contributed by atoms with van der Waals surface area (Å²) in [5.74, 6) is 1.16. The minimum Gasteiger partial charge on any atom is -0.508 e. The molecule has 0 aliphatic carbocycles. The highest BCUT2D eigenvalue weighted by Gasteiger charge is 2.30. The highest BCUT2D eigenvalue weighted by molar-refractivity contribution is 6.06. The van der Waals surface area contributed by atoms with Crippen LogP contribution in [0.2, 0.25) is 0 Å². The van der Waals surface area contributed by atoms with Crippen molar-refractivity contribution in [3.63, 3.8) is 0 Å². The highest BCUT2D eigenvalue weighted by atomic mass is 16.6. The van der Waals surface area contributed by atoms with E-state index in [4.69, 9.17) is 19.0 Å². The SMILES string of the molecule is COc1cc(C2=NO[C@H](C(=O)Nc3cccc(O)c3)C2)cc(OC)c1OC. The largest absolute Gasteiger partial charge is 0.508 e. The van der Waals surface area contributed by atoms with E-state index in [9.17, 15) is 9.90 Å². The summed E-state index contributed by atoms with van der Waals surface area (Å²) >= 11 is 0. The van der Waals surface area contributed by atoms with E-state index >= 15 is 0 Å². The van der Waals surface area contributed by atoms with Crippen LogP contribution in [0.4, 0.5) is 5.69 Å². The van der Waals surface area contributed by atoms with Gasteiger partial charge in [-0.3, -0.25) is 4.79 Å². The van der Waals surface area contributed by atoms with E-state index in [0.717, 1.165) is 0 Å². The molecule has 1 aliphatic rings. The zero-order valence-corrected chi connectivity index (χ0v) is 15.2. The summed E-state index contributed by atoms with van der Waals surface area (Å²) in [5.41, 5.74) is 1.77. The monoisotopic (exact) mass is 372 g/mol. The molecule has 3 rings (SSSR count). The number of rotatable bonds is 6. The lowest BCUT2D eigenvalue weighted by Gasteiger charge is -2.14. The second-order valence-corrected chi connectivity index (χ2v) is 5.79. The number of phenolic OH excluding ortho intramolecular Hbond substituents is 1. The molecule has 2 aromatic rings. The molecule has 2 aromatic carbocycles. The zero-order valence-electron chi connectivity index (χ0n) is 15.2. The molecule has 0 bridgehead atoms. The van der Waals surface area contributed by atoms with Gasteiger partial charge in [-0.25, -0.2) is 0 Å². The van der Waals surface area contributed by atoms with Gasteiger partial charge in [-0.2, -0.15) is 0 Å². The van der Waals surface area contributed by atoms with Gasteiger partial charge >= 0.3 is 0 Å². The lowest BCUT2D eigenvalue weighted by molar-refractivity contribution is -0.125. The maximum absolute atomic E-state index is 12.4. The van der Waals surface area contributed by atoms with E-state index in [1.54, 1.807) is 24.3 Å². The number of methoxy groups -OCH3 is 3. The van der Waals surface area contributed by atoms with Gasteiger partial charge in [-0.05, 0) is 24.3 Å². The van der Waals surface area contributed by atoms with Crippen LogP contribution in [0.5, 0.6) is 23.0 Å². The summed E-state index contributed by atoms with van der Waals surface area (Å²) in [6.07, 6.45) is -0.495. The molecule has 0 unspecified atom stereocenters. The van der Waals surface area contributed by atoms with Gasteiger partial charge in [-0.1, -0.05) is 11.2 Å². The smallest absolute Gasteiger partial charge is 0.268 e. The van der Waals surface area contributed by atoms with Crippen LogP contribution >= 0.6 is 0 Å². The second kappa shape index (κ2) is 7.86. The number of nitrogens with one attached hydrogen (secondary N) is 1. The van der Waals surface area contributed by atoms with Crippen LogP contribution in [0.1, 0.15) is 12.0 Å². The molecule has 1 amide bonds. The number of hydrogen-bond acceptors (Lipinski definition) is 7. The van der Waals surface area contributed by atoms with Gasteiger partial charge in [0.1, 0.15) is 5.75 Å². The second-order valence-electron chi connectivity index (χ2n) is 5.79. The highest BCUT2D eigenvalue weighted by Crippen LogP contribution is 2.39. The van der Waals surface area contributed by atoms with Crippen LogP contribution in [0, 0.1) is 0 Å². The van der Waals surface area contributed by atoms with Crippen LogP contribution in [0.3, 0.4) is 0 Å². The normalized spacial score (nSPS) is 15.5. The number of phenols is 1. The Hall–Kier alpha value is -3.42. The molecule has 2 N–H and O–H groups in total. The third-order valence-corrected chi connectivity index (χ3v) is 4.07. The van der Waals surface area contributed by atoms with Crippen molar-refractivity contribution in [2.75, 3.05) is 26.6 Å². The molecule has 1 heterocycles. The number of amides is 1. The van der Waals surface area contributed by atoms with Gasteiger partial charge < -0.3 is 29.5 Å². The Kier molecular flexibility index (Phi) is 5.35. The summed E-state index contributed by atoms with van der Waals surface area (Å²) in [7, 11) is 4.58. The molecular weight excluding hydrogens is 352 g/mol. The van der Waals surface area contributed by atoms with Crippen molar-refractivity contribution in [2.45, 2.75) is 12.5 Å². The molecule has 0 saturated heterocycles. The van der Waals surface area contributed by atoms with Crippen molar-refractivity contribution in [1.29, 1.82) is 0 Å².